The summed E-state index contributed by atoms with van der Waals surface area (Å²) in [5.41, 5.74) is 1.82. The molecule has 1 saturated heterocycles. The molecule has 1 aliphatic rings. The maximum absolute atomic E-state index is 13.3. The van der Waals surface area contributed by atoms with Gasteiger partial charge in [-0.05, 0) is 54.8 Å². The smallest absolute Gasteiger partial charge is 0.357 e. The van der Waals surface area contributed by atoms with Gasteiger partial charge < -0.3 is 19.3 Å². The number of amides is 1. The lowest BCUT2D eigenvalue weighted by Crippen LogP contribution is -2.49. The van der Waals surface area contributed by atoms with Gasteiger partial charge >= 0.3 is 5.97 Å². The van der Waals surface area contributed by atoms with Gasteiger partial charge in [0, 0.05) is 37.6 Å². The number of thioether (sulfide) groups is 1. The summed E-state index contributed by atoms with van der Waals surface area (Å²) in [5, 5.41) is 0.555. The number of imidazole rings is 1. The molecule has 0 spiro atoms. The largest absolute Gasteiger partial charge is 0.497 e. The summed E-state index contributed by atoms with van der Waals surface area (Å²) >= 11 is 1.34. The maximum Gasteiger partial charge on any atom is 0.357 e. The van der Waals surface area contributed by atoms with E-state index in [0.717, 1.165) is 11.4 Å². The molecule has 0 N–H and O–H groups in total. The molecule has 0 bridgehead atoms. The van der Waals surface area contributed by atoms with Crippen molar-refractivity contribution in [2.24, 2.45) is 0 Å². The van der Waals surface area contributed by atoms with Crippen molar-refractivity contribution in [3.05, 3.63) is 66.2 Å². The van der Waals surface area contributed by atoms with Gasteiger partial charge in [-0.15, -0.1) is 0 Å². The number of halogens is 1. The molecule has 0 atom stereocenters. The molecule has 0 saturated carbocycles. The summed E-state index contributed by atoms with van der Waals surface area (Å²) in [6.45, 7) is 2.07. The standard InChI is InChI=1S/C24H25FN4O4S/c1-32-20-9-7-18(8-10-20)27-11-13-28(14-12-27)22(30)16-33-23(31)21-15-26-24(34-2)29(21)19-5-3-17(25)4-6-19/h3-10,15H,11-14,16H2,1-2H3. The summed E-state index contributed by atoms with van der Waals surface area (Å²) in [4.78, 5) is 33.5. The van der Waals surface area contributed by atoms with E-state index in [1.165, 1.54) is 30.1 Å². The minimum Gasteiger partial charge on any atom is -0.497 e. The minimum atomic E-state index is -0.664. The third kappa shape index (κ3) is 5.17. The number of anilines is 1. The van der Waals surface area contributed by atoms with Gasteiger partial charge in [0.05, 0.1) is 13.3 Å². The Labute approximate surface area is 201 Å². The number of piperazine rings is 1. The zero-order valence-electron chi connectivity index (χ0n) is 18.9. The Hall–Kier alpha value is -3.53. The number of hydrogen-bond acceptors (Lipinski definition) is 7. The van der Waals surface area contributed by atoms with Crippen LogP contribution in [0.25, 0.3) is 5.69 Å². The molecule has 0 aliphatic carbocycles. The molecule has 1 fully saturated rings. The highest BCUT2D eigenvalue weighted by molar-refractivity contribution is 7.98. The summed E-state index contributed by atoms with van der Waals surface area (Å²) in [6, 6.07) is 13.5. The average molecular weight is 485 g/mol. The Morgan fingerprint density at radius 2 is 1.65 bits per heavy atom. The highest BCUT2D eigenvalue weighted by Gasteiger charge is 2.24. The van der Waals surface area contributed by atoms with Crippen molar-refractivity contribution in [2.75, 3.05) is 51.1 Å². The molecule has 1 aliphatic heterocycles. The first-order valence-corrected chi connectivity index (χ1v) is 11.9. The van der Waals surface area contributed by atoms with Crippen molar-refractivity contribution in [3.63, 3.8) is 0 Å². The van der Waals surface area contributed by atoms with E-state index in [9.17, 15) is 14.0 Å². The number of nitrogens with zero attached hydrogens (tertiary/aromatic N) is 4. The van der Waals surface area contributed by atoms with E-state index in [0.29, 0.717) is 37.0 Å². The minimum absolute atomic E-state index is 0.174. The second kappa shape index (κ2) is 10.6. The number of benzene rings is 2. The van der Waals surface area contributed by atoms with E-state index in [4.69, 9.17) is 9.47 Å². The molecule has 4 rings (SSSR count). The Kier molecular flexibility index (Phi) is 7.36. The van der Waals surface area contributed by atoms with Crippen molar-refractivity contribution in [1.29, 1.82) is 0 Å². The molecule has 178 valence electrons. The van der Waals surface area contributed by atoms with Gasteiger partial charge in [-0.2, -0.15) is 0 Å². The van der Waals surface area contributed by atoms with Crippen molar-refractivity contribution in [3.8, 4) is 11.4 Å². The third-order valence-corrected chi connectivity index (χ3v) is 6.26. The SMILES string of the molecule is COc1ccc(N2CCN(C(=O)COC(=O)c3cnc(SC)n3-c3ccc(F)cc3)CC2)cc1. The summed E-state index contributed by atoms with van der Waals surface area (Å²) < 4.78 is 25.4. The predicted octanol–water partition coefficient (Wildman–Crippen LogP) is 3.25. The lowest BCUT2D eigenvalue weighted by atomic mass is 10.2. The fraction of sp³-hybridized carbons (Fsp3) is 0.292. The van der Waals surface area contributed by atoms with E-state index >= 15 is 0 Å². The quantitative estimate of drug-likeness (QED) is 0.376. The van der Waals surface area contributed by atoms with Crippen molar-refractivity contribution in [1.82, 2.24) is 14.5 Å². The number of aromatic nitrogens is 2. The first-order chi connectivity index (χ1) is 16.5. The lowest BCUT2D eigenvalue weighted by Gasteiger charge is -2.36. The van der Waals surface area contributed by atoms with Crippen LogP contribution < -0.4 is 9.64 Å². The molecule has 1 amide bonds. The topological polar surface area (TPSA) is 76.9 Å². The van der Waals surface area contributed by atoms with Crippen LogP contribution in [0.4, 0.5) is 10.1 Å². The fourth-order valence-electron chi connectivity index (χ4n) is 3.76. The molecule has 0 radical (unpaired) electrons. The predicted molar refractivity (Wildman–Crippen MR) is 127 cm³/mol. The summed E-state index contributed by atoms with van der Waals surface area (Å²) in [5.74, 6) is -0.496. The van der Waals surface area contributed by atoms with Crippen LogP contribution in [0.1, 0.15) is 10.5 Å². The van der Waals surface area contributed by atoms with Crippen LogP contribution in [0.2, 0.25) is 0 Å². The monoisotopic (exact) mass is 484 g/mol. The number of methoxy groups -OCH3 is 1. The highest BCUT2D eigenvalue weighted by atomic mass is 32.2. The highest BCUT2D eigenvalue weighted by Crippen LogP contribution is 2.23. The van der Waals surface area contributed by atoms with Gasteiger partial charge in [0.15, 0.2) is 17.5 Å². The van der Waals surface area contributed by atoms with E-state index in [2.05, 4.69) is 9.88 Å². The third-order valence-electron chi connectivity index (χ3n) is 5.60. The number of hydrogen-bond donors (Lipinski definition) is 0. The van der Waals surface area contributed by atoms with Gasteiger partial charge in [-0.1, -0.05) is 11.8 Å². The van der Waals surface area contributed by atoms with Crippen LogP contribution in [0.3, 0.4) is 0 Å². The van der Waals surface area contributed by atoms with E-state index in [1.807, 2.05) is 30.5 Å². The number of ether oxygens (including phenoxy) is 2. The number of carbonyl (C=O) groups excluding carboxylic acids is 2. The van der Waals surface area contributed by atoms with Crippen LogP contribution in [0.5, 0.6) is 5.75 Å². The summed E-state index contributed by atoms with van der Waals surface area (Å²) in [7, 11) is 1.63. The normalized spacial score (nSPS) is 13.6. The molecule has 3 aromatic rings. The zero-order valence-corrected chi connectivity index (χ0v) is 19.8. The molecule has 10 heteroatoms. The Balaban J connectivity index is 1.34. The van der Waals surface area contributed by atoms with Crippen LogP contribution in [0, 0.1) is 5.82 Å². The van der Waals surface area contributed by atoms with Crippen LogP contribution in [-0.2, 0) is 9.53 Å². The molecule has 34 heavy (non-hydrogen) atoms. The van der Waals surface area contributed by atoms with Crippen LogP contribution >= 0.6 is 11.8 Å². The van der Waals surface area contributed by atoms with Gasteiger partial charge in [-0.25, -0.2) is 14.2 Å². The van der Waals surface area contributed by atoms with Crippen molar-refractivity contribution < 1.29 is 23.5 Å². The van der Waals surface area contributed by atoms with Crippen molar-refractivity contribution >= 4 is 29.3 Å². The fourth-order valence-corrected chi connectivity index (χ4v) is 4.31. The molecule has 0 unspecified atom stereocenters. The Bertz CT molecular complexity index is 1140. The number of rotatable bonds is 7. The second-order valence-electron chi connectivity index (χ2n) is 7.58. The van der Waals surface area contributed by atoms with E-state index < -0.39 is 5.97 Å². The van der Waals surface area contributed by atoms with Crippen molar-refractivity contribution in [2.45, 2.75) is 5.16 Å². The molecule has 2 aromatic carbocycles. The van der Waals surface area contributed by atoms with E-state index in [-0.39, 0.29) is 24.0 Å². The van der Waals surface area contributed by atoms with Crippen LogP contribution in [-0.4, -0.2) is 72.5 Å². The maximum atomic E-state index is 13.3. The van der Waals surface area contributed by atoms with Crippen LogP contribution in [0.15, 0.2) is 59.9 Å². The van der Waals surface area contributed by atoms with Gasteiger partial charge in [0.1, 0.15) is 11.6 Å². The van der Waals surface area contributed by atoms with E-state index in [1.54, 1.807) is 28.7 Å². The lowest BCUT2D eigenvalue weighted by molar-refractivity contribution is -0.134. The van der Waals surface area contributed by atoms with Gasteiger partial charge in [0.25, 0.3) is 5.91 Å². The first kappa shape index (κ1) is 23.6. The molecule has 2 heterocycles. The molecular formula is C24H25FN4O4S. The molecular weight excluding hydrogens is 459 g/mol. The number of carbonyl (C=O) groups is 2. The Morgan fingerprint density at radius 3 is 2.26 bits per heavy atom. The summed E-state index contributed by atoms with van der Waals surface area (Å²) in [6.07, 6.45) is 3.22. The first-order valence-electron chi connectivity index (χ1n) is 10.7. The van der Waals surface area contributed by atoms with Gasteiger partial charge in [-0.3, -0.25) is 9.36 Å². The number of esters is 1. The zero-order chi connectivity index (χ0) is 24.1. The Morgan fingerprint density at radius 1 is 1.00 bits per heavy atom. The second-order valence-corrected chi connectivity index (χ2v) is 8.36. The average Bonchev–Trinajstić information content (AvgIpc) is 3.32. The molecule has 1 aromatic heterocycles. The van der Waals surface area contributed by atoms with Gasteiger partial charge in [0.2, 0.25) is 0 Å². The molecule has 8 nitrogen and oxygen atoms in total.